The standard InChI is InChI=1S/C64H66N8O8S2/c1-36(58(74)69-57(64(5,6)7)61(77)72-33-44(73)32-51(72)60(76)66-38(3)41-22-24-43(25-23-41)56-39(4)65-35-81-56)18-19-40-20-26-45(27-21-40)80-52-16-11-13-46(37(52)2)47-28-29-54(68-55(47)62(78)79)71-31-30-42-12-10-14-48(49(42)34-71)59(75)70-63-67-50-15-8-9-17-53(50)82-63/h8-17,20-29,35-36,38,44,51,57,73H,18-19,30-34H2,1-7H3,(H,66,76)(H,69,74)(H,78,79)(H,67,70,75)/t36-,38-,44?,51-,57+/m0/s1. The first-order valence-electron chi connectivity index (χ1n) is 27.5. The molecule has 10 rings (SSSR count). The molecule has 1 fully saturated rings. The number of carbonyl (C=O) groups excluding carboxylic acids is 4. The molecule has 5 N–H and O–H groups in total. The third-order valence-corrected chi connectivity index (χ3v) is 17.4. The molecule has 8 aromatic rings. The van der Waals surface area contributed by atoms with Crippen molar-refractivity contribution in [3.8, 4) is 33.1 Å². The minimum absolute atomic E-state index is 0.0241. The Bertz CT molecular complexity index is 3670. The molecule has 0 spiro atoms. The molecule has 2 aliphatic heterocycles. The van der Waals surface area contributed by atoms with Crippen LogP contribution in [0.2, 0.25) is 0 Å². The first kappa shape index (κ1) is 56.9. The smallest absolute Gasteiger partial charge is 0.355 e. The number of anilines is 2. The number of benzene rings is 5. The van der Waals surface area contributed by atoms with Gasteiger partial charge in [0, 0.05) is 43.1 Å². The van der Waals surface area contributed by atoms with E-state index in [4.69, 9.17) is 9.72 Å². The number of thiazole rings is 2. The lowest BCUT2D eigenvalue weighted by Gasteiger charge is -2.36. The van der Waals surface area contributed by atoms with Crippen molar-refractivity contribution in [1.82, 2.24) is 30.5 Å². The van der Waals surface area contributed by atoms with Crippen molar-refractivity contribution in [3.05, 3.63) is 172 Å². The average Bonchev–Trinajstić information content (AvgIpc) is 4.33. The van der Waals surface area contributed by atoms with Gasteiger partial charge in [0.2, 0.25) is 17.7 Å². The predicted octanol–water partition coefficient (Wildman–Crippen LogP) is 11.3. The molecule has 0 bridgehead atoms. The lowest BCUT2D eigenvalue weighted by Crippen LogP contribution is -2.58. The van der Waals surface area contributed by atoms with Crippen LogP contribution in [0.3, 0.4) is 0 Å². The number of nitrogens with one attached hydrogen (secondary N) is 3. The van der Waals surface area contributed by atoms with Crippen LogP contribution < -0.4 is 25.6 Å². The lowest BCUT2D eigenvalue weighted by molar-refractivity contribution is -0.144. The number of likely N-dealkylation sites (tertiary alicyclic amines) is 1. The van der Waals surface area contributed by atoms with Gasteiger partial charge in [-0.15, -0.1) is 11.3 Å². The summed E-state index contributed by atoms with van der Waals surface area (Å²) in [6, 6.07) is 35.8. The number of aliphatic hydroxyl groups excluding tert-OH is 1. The highest BCUT2D eigenvalue weighted by molar-refractivity contribution is 7.22. The predicted molar refractivity (Wildman–Crippen MR) is 320 cm³/mol. The van der Waals surface area contributed by atoms with Crippen LogP contribution in [0.1, 0.15) is 108 Å². The Hall–Kier alpha value is -8.32. The third-order valence-electron chi connectivity index (χ3n) is 15.5. The first-order chi connectivity index (χ1) is 39.3. The molecule has 2 aliphatic rings. The third kappa shape index (κ3) is 12.4. The maximum atomic E-state index is 14.4. The largest absolute Gasteiger partial charge is 0.476 e. The number of aryl methyl sites for hydroxylation is 2. The number of amides is 4. The van der Waals surface area contributed by atoms with Gasteiger partial charge in [-0.1, -0.05) is 112 Å². The van der Waals surface area contributed by atoms with Gasteiger partial charge in [0.25, 0.3) is 5.91 Å². The Labute approximate surface area is 484 Å². The van der Waals surface area contributed by atoms with Crippen LogP contribution in [0.25, 0.3) is 31.8 Å². The van der Waals surface area contributed by atoms with E-state index in [1.54, 1.807) is 23.5 Å². The van der Waals surface area contributed by atoms with E-state index in [0.717, 1.165) is 54.2 Å². The molecule has 16 nitrogen and oxygen atoms in total. The van der Waals surface area contributed by atoms with E-state index in [-0.39, 0.29) is 42.4 Å². The minimum atomic E-state index is -1.18. The van der Waals surface area contributed by atoms with Gasteiger partial charge < -0.3 is 35.4 Å². The number of pyridine rings is 1. The second-order valence-corrected chi connectivity index (χ2v) is 24.2. The normalized spacial score (nSPS) is 16.2. The molecule has 422 valence electrons. The van der Waals surface area contributed by atoms with Crippen molar-refractivity contribution in [2.45, 2.75) is 105 Å². The number of carboxylic acid groups (broad SMARTS) is 1. The van der Waals surface area contributed by atoms with Gasteiger partial charge in [0.1, 0.15) is 29.4 Å². The maximum Gasteiger partial charge on any atom is 0.355 e. The van der Waals surface area contributed by atoms with Crippen molar-refractivity contribution < 1.29 is 38.9 Å². The summed E-state index contributed by atoms with van der Waals surface area (Å²) >= 11 is 2.98. The van der Waals surface area contributed by atoms with Gasteiger partial charge in [0.05, 0.1) is 38.4 Å². The molecule has 5 aromatic carbocycles. The maximum absolute atomic E-state index is 14.4. The number of aromatic nitrogens is 3. The number of hydrogen-bond acceptors (Lipinski definition) is 13. The summed E-state index contributed by atoms with van der Waals surface area (Å²) < 4.78 is 7.38. The SMILES string of the molecule is Cc1ncsc1-c1ccc([C@H](C)NC(=O)[C@@H]2CC(O)CN2C(=O)[C@@H](NC(=O)[C@@H](C)CCc2ccc(Oc3cccc(-c4ccc(N5CCc6cccc(C(=O)Nc7nc8ccccc8s7)c6C5)nc4C(=O)O)c3C)cc2)C(C)(C)C)cc1. The Morgan fingerprint density at radius 3 is 2.32 bits per heavy atom. The molecule has 0 radical (unpaired) electrons. The van der Waals surface area contributed by atoms with Crippen LogP contribution in [0, 0.1) is 25.2 Å². The molecule has 18 heteroatoms. The topological polar surface area (TPSA) is 216 Å². The van der Waals surface area contributed by atoms with Gasteiger partial charge in [0.15, 0.2) is 10.8 Å². The number of β-amino-alcohol motifs (C(OH)–C–C–N with tert-alkyl or cyclic N) is 1. The number of aromatic carboxylic acids is 1. The van der Waals surface area contributed by atoms with Crippen molar-refractivity contribution >= 4 is 73.4 Å². The fraction of sp³-hybridized carbons (Fsp3) is 0.312. The van der Waals surface area contributed by atoms with Gasteiger partial charge in [-0.3, -0.25) is 24.5 Å². The highest BCUT2D eigenvalue weighted by Gasteiger charge is 2.45. The molecular formula is C64H66N8O8S2. The molecule has 82 heavy (non-hydrogen) atoms. The van der Waals surface area contributed by atoms with E-state index in [1.165, 1.54) is 16.2 Å². The zero-order valence-corrected chi connectivity index (χ0v) is 48.5. The highest BCUT2D eigenvalue weighted by atomic mass is 32.1. The summed E-state index contributed by atoms with van der Waals surface area (Å²) in [5.41, 5.74) is 9.92. The van der Waals surface area contributed by atoms with Crippen LogP contribution in [-0.2, 0) is 33.8 Å². The highest BCUT2D eigenvalue weighted by Crippen LogP contribution is 2.37. The Morgan fingerprint density at radius 2 is 1.60 bits per heavy atom. The molecule has 5 heterocycles. The summed E-state index contributed by atoms with van der Waals surface area (Å²) in [4.78, 5) is 86.8. The quantitative estimate of drug-likeness (QED) is 0.0576. The summed E-state index contributed by atoms with van der Waals surface area (Å²) in [5.74, 6) is -1.39. The number of carboxylic acids is 1. The molecular weight excluding hydrogens is 1070 g/mol. The van der Waals surface area contributed by atoms with Crippen LogP contribution in [0.4, 0.5) is 10.9 Å². The van der Waals surface area contributed by atoms with E-state index in [1.807, 2.05) is 168 Å². The molecule has 0 aliphatic carbocycles. The van der Waals surface area contributed by atoms with E-state index in [9.17, 15) is 34.2 Å². The molecule has 3 aromatic heterocycles. The number of para-hydroxylation sites is 1. The number of nitrogens with zero attached hydrogens (tertiary/aromatic N) is 5. The molecule has 1 saturated heterocycles. The van der Waals surface area contributed by atoms with Gasteiger partial charge in [-0.2, -0.15) is 0 Å². The van der Waals surface area contributed by atoms with E-state index in [2.05, 4.69) is 25.9 Å². The molecule has 4 amide bonds. The summed E-state index contributed by atoms with van der Waals surface area (Å²) in [7, 11) is 0. The van der Waals surface area contributed by atoms with Gasteiger partial charge in [-0.05, 0) is 133 Å². The molecule has 1 unspecified atom stereocenters. The monoisotopic (exact) mass is 1140 g/mol. The first-order valence-corrected chi connectivity index (χ1v) is 29.2. The van der Waals surface area contributed by atoms with E-state index in [0.29, 0.717) is 71.5 Å². The number of fused-ring (bicyclic) bond motifs is 2. The van der Waals surface area contributed by atoms with Gasteiger partial charge in [-0.25, -0.2) is 19.7 Å². The summed E-state index contributed by atoms with van der Waals surface area (Å²) in [6.07, 6.45) is 0.889. The summed E-state index contributed by atoms with van der Waals surface area (Å²) in [5, 5.41) is 30.9. The van der Waals surface area contributed by atoms with Crippen LogP contribution in [0.15, 0.2) is 127 Å². The fourth-order valence-corrected chi connectivity index (χ4v) is 12.4. The average molecular weight is 1140 g/mol. The fourth-order valence-electron chi connectivity index (χ4n) is 10.8. The van der Waals surface area contributed by atoms with E-state index < -0.39 is 41.4 Å². The number of carbonyl (C=O) groups is 5. The van der Waals surface area contributed by atoms with Crippen LogP contribution >= 0.6 is 22.7 Å². The van der Waals surface area contributed by atoms with Crippen molar-refractivity contribution in [2.24, 2.45) is 11.3 Å². The Kier molecular flexibility index (Phi) is 16.7. The number of aliphatic hydroxyl groups is 1. The van der Waals surface area contributed by atoms with E-state index >= 15 is 0 Å². The minimum Gasteiger partial charge on any atom is -0.476 e. The molecule has 0 saturated carbocycles. The number of rotatable bonds is 17. The second-order valence-electron chi connectivity index (χ2n) is 22.4. The van der Waals surface area contributed by atoms with Crippen molar-refractivity contribution in [1.29, 1.82) is 0 Å². The Balaban J connectivity index is 0.746. The van der Waals surface area contributed by atoms with Gasteiger partial charge >= 0.3 is 5.97 Å². The zero-order valence-electron chi connectivity index (χ0n) is 46.9. The van der Waals surface area contributed by atoms with Crippen LogP contribution in [0.5, 0.6) is 11.5 Å². The number of hydrogen-bond donors (Lipinski definition) is 5. The van der Waals surface area contributed by atoms with Crippen molar-refractivity contribution in [2.75, 3.05) is 23.3 Å². The molecule has 5 atom stereocenters. The van der Waals surface area contributed by atoms with Crippen molar-refractivity contribution in [3.63, 3.8) is 0 Å². The Morgan fingerprint density at radius 1 is 0.841 bits per heavy atom. The number of ether oxygens (including phenoxy) is 1. The second kappa shape index (κ2) is 24.0. The zero-order chi connectivity index (χ0) is 58.0. The summed E-state index contributed by atoms with van der Waals surface area (Å²) in [6.45, 7) is 14.1. The van der Waals surface area contributed by atoms with Crippen LogP contribution in [-0.4, -0.2) is 90.9 Å². The lowest BCUT2D eigenvalue weighted by atomic mass is 9.85.